The summed E-state index contributed by atoms with van der Waals surface area (Å²) in [7, 11) is 0. The van der Waals surface area contributed by atoms with Crippen molar-refractivity contribution in [1.82, 2.24) is 4.98 Å². The summed E-state index contributed by atoms with van der Waals surface area (Å²) in [5.41, 5.74) is 7.37. The van der Waals surface area contributed by atoms with Gasteiger partial charge in [-0.1, -0.05) is 6.07 Å². The molecule has 0 saturated heterocycles. The second-order valence-corrected chi connectivity index (χ2v) is 1.64. The highest BCUT2D eigenvalue weighted by Crippen LogP contribution is 1.93. The van der Waals surface area contributed by atoms with Gasteiger partial charge >= 0.3 is 0 Å². The number of pyridine rings is 1. The third-order valence-corrected chi connectivity index (χ3v) is 0.967. The first-order chi connectivity index (χ1) is 4.43. The van der Waals surface area contributed by atoms with E-state index in [1.165, 1.54) is 0 Å². The third-order valence-electron chi connectivity index (χ3n) is 0.967. The lowest BCUT2D eigenvalue weighted by Gasteiger charge is -1.88. The third kappa shape index (κ3) is 1.60. The summed E-state index contributed by atoms with van der Waals surface area (Å²) < 4.78 is 0. The Bertz CT molecular complexity index is 183. The van der Waals surface area contributed by atoms with E-state index in [2.05, 4.69) is 10.1 Å². The zero-order chi connectivity index (χ0) is 6.53. The number of nitrogens with zero attached hydrogens (tertiary/aromatic N) is 2. The van der Waals surface area contributed by atoms with Gasteiger partial charge in [0, 0.05) is 6.20 Å². The second-order valence-electron chi connectivity index (χ2n) is 1.64. The molecule has 1 N–H and O–H groups in total. The summed E-state index contributed by atoms with van der Waals surface area (Å²) in [6.07, 6.45) is 1.69. The minimum absolute atomic E-state index is 0.390. The molecule has 0 aromatic carbocycles. The smallest absolute Gasteiger partial charge is 0.102 e. The van der Waals surface area contributed by atoms with Crippen LogP contribution in [-0.4, -0.2) is 4.98 Å². The van der Waals surface area contributed by atoms with Crippen LogP contribution < -0.4 is 0 Å². The molecule has 3 heteroatoms. The van der Waals surface area contributed by atoms with Gasteiger partial charge in [-0.3, -0.25) is 4.98 Å². The molecular weight excluding hydrogens is 114 g/mol. The van der Waals surface area contributed by atoms with Gasteiger partial charge in [-0.25, -0.2) is 5.53 Å². The highest BCUT2D eigenvalue weighted by molar-refractivity contribution is 5.02. The quantitative estimate of drug-likeness (QED) is 0.594. The van der Waals surface area contributed by atoms with E-state index in [9.17, 15) is 0 Å². The summed E-state index contributed by atoms with van der Waals surface area (Å²) in [6, 6.07) is 5.57. The summed E-state index contributed by atoms with van der Waals surface area (Å²) in [5, 5.41) is 3.19. The van der Waals surface area contributed by atoms with Crippen LogP contribution in [0.3, 0.4) is 0 Å². The fourth-order valence-corrected chi connectivity index (χ4v) is 0.573. The lowest BCUT2D eigenvalue weighted by molar-refractivity contribution is 0.874. The maximum absolute atomic E-state index is 6.53. The molecule has 1 rings (SSSR count). The molecule has 0 aliphatic heterocycles. The molecule has 0 unspecified atom stereocenters. The van der Waals surface area contributed by atoms with Crippen LogP contribution in [0.1, 0.15) is 5.69 Å². The Hall–Kier alpha value is -1.25. The SMILES string of the molecule is N=NCc1ccccn1. The highest BCUT2D eigenvalue weighted by atomic mass is 15.0. The molecule has 1 aromatic heterocycles. The van der Waals surface area contributed by atoms with Gasteiger partial charge in [0.2, 0.25) is 0 Å². The normalized spacial score (nSPS) is 8.89. The van der Waals surface area contributed by atoms with Crippen molar-refractivity contribution in [1.29, 1.82) is 5.53 Å². The van der Waals surface area contributed by atoms with Gasteiger partial charge < -0.3 is 0 Å². The summed E-state index contributed by atoms with van der Waals surface area (Å²) >= 11 is 0. The second kappa shape index (κ2) is 2.91. The Morgan fingerprint density at radius 3 is 3.00 bits per heavy atom. The number of hydrogen-bond donors (Lipinski definition) is 1. The Balaban J connectivity index is 2.72. The van der Waals surface area contributed by atoms with Gasteiger partial charge in [0.25, 0.3) is 0 Å². The van der Waals surface area contributed by atoms with Crippen LogP contribution in [-0.2, 0) is 6.54 Å². The molecule has 1 heterocycles. The minimum Gasteiger partial charge on any atom is -0.259 e. The van der Waals surface area contributed by atoms with Crippen molar-refractivity contribution < 1.29 is 0 Å². The molecule has 0 aliphatic carbocycles. The highest BCUT2D eigenvalue weighted by Gasteiger charge is 1.85. The van der Waals surface area contributed by atoms with E-state index in [-0.39, 0.29) is 0 Å². The largest absolute Gasteiger partial charge is 0.259 e. The van der Waals surface area contributed by atoms with Crippen LogP contribution in [0, 0.1) is 5.53 Å². The van der Waals surface area contributed by atoms with Gasteiger partial charge in [0.15, 0.2) is 0 Å². The predicted octanol–water partition coefficient (Wildman–Crippen LogP) is 1.61. The standard InChI is InChI=1S/C6H7N3/c7-9-5-6-3-1-2-4-8-6/h1-4,7H,5H2. The summed E-state index contributed by atoms with van der Waals surface area (Å²) in [6.45, 7) is 0.390. The van der Waals surface area contributed by atoms with Gasteiger partial charge in [0.05, 0.1) is 5.69 Å². The predicted molar refractivity (Wildman–Crippen MR) is 33.1 cm³/mol. The van der Waals surface area contributed by atoms with Crippen molar-refractivity contribution in [3.8, 4) is 0 Å². The maximum atomic E-state index is 6.53. The Morgan fingerprint density at radius 1 is 1.56 bits per heavy atom. The van der Waals surface area contributed by atoms with Crippen molar-refractivity contribution >= 4 is 0 Å². The van der Waals surface area contributed by atoms with Crippen molar-refractivity contribution in [3.05, 3.63) is 30.1 Å². The molecule has 0 fully saturated rings. The molecule has 0 spiro atoms. The molecule has 0 saturated carbocycles. The van der Waals surface area contributed by atoms with Crippen molar-refractivity contribution in [2.45, 2.75) is 6.54 Å². The van der Waals surface area contributed by atoms with Gasteiger partial charge in [0.1, 0.15) is 6.54 Å². The monoisotopic (exact) mass is 121 g/mol. The maximum Gasteiger partial charge on any atom is 0.102 e. The first kappa shape index (κ1) is 5.88. The van der Waals surface area contributed by atoms with Crippen LogP contribution in [0.25, 0.3) is 0 Å². The van der Waals surface area contributed by atoms with E-state index in [0.717, 1.165) is 5.69 Å². The molecule has 0 bridgehead atoms. The first-order valence-electron chi connectivity index (χ1n) is 2.66. The molecule has 0 radical (unpaired) electrons. The number of nitrogens with one attached hydrogen (secondary N) is 1. The van der Waals surface area contributed by atoms with Crippen molar-refractivity contribution in [2.24, 2.45) is 5.11 Å². The summed E-state index contributed by atoms with van der Waals surface area (Å²) in [5.74, 6) is 0. The van der Waals surface area contributed by atoms with E-state index < -0.39 is 0 Å². The number of aromatic nitrogens is 1. The molecule has 0 atom stereocenters. The van der Waals surface area contributed by atoms with Crippen molar-refractivity contribution in [2.75, 3.05) is 0 Å². The van der Waals surface area contributed by atoms with Crippen molar-refractivity contribution in [3.63, 3.8) is 0 Å². The molecule has 0 aliphatic rings. The first-order valence-corrected chi connectivity index (χ1v) is 2.66. The van der Waals surface area contributed by atoms with Crippen LogP contribution in [0.5, 0.6) is 0 Å². The molecule has 0 amide bonds. The van der Waals surface area contributed by atoms with E-state index in [0.29, 0.717) is 6.54 Å². The van der Waals surface area contributed by atoms with Crippen LogP contribution >= 0.6 is 0 Å². The minimum atomic E-state index is 0.390. The number of rotatable bonds is 2. The number of hydrogen-bond acceptors (Lipinski definition) is 3. The van der Waals surface area contributed by atoms with Crippen LogP contribution in [0.15, 0.2) is 29.5 Å². The Labute approximate surface area is 53.3 Å². The fraction of sp³-hybridized carbons (Fsp3) is 0.167. The average Bonchev–Trinajstić information content (AvgIpc) is 1.91. The van der Waals surface area contributed by atoms with E-state index in [1.807, 2.05) is 18.2 Å². The topological polar surface area (TPSA) is 49.1 Å². The van der Waals surface area contributed by atoms with E-state index in [1.54, 1.807) is 6.20 Å². The zero-order valence-corrected chi connectivity index (χ0v) is 4.91. The van der Waals surface area contributed by atoms with E-state index in [4.69, 9.17) is 5.53 Å². The zero-order valence-electron chi connectivity index (χ0n) is 4.91. The van der Waals surface area contributed by atoms with Gasteiger partial charge in [-0.2, -0.15) is 5.11 Å². The Morgan fingerprint density at radius 2 is 2.44 bits per heavy atom. The molecule has 3 nitrogen and oxygen atoms in total. The molecule has 1 aromatic rings. The lowest BCUT2D eigenvalue weighted by atomic mass is 10.4. The lowest BCUT2D eigenvalue weighted by Crippen LogP contribution is -1.82. The molecule has 9 heavy (non-hydrogen) atoms. The van der Waals surface area contributed by atoms with Gasteiger partial charge in [-0.05, 0) is 12.1 Å². The van der Waals surface area contributed by atoms with Crippen LogP contribution in [0.4, 0.5) is 0 Å². The molecular formula is C6H7N3. The van der Waals surface area contributed by atoms with Gasteiger partial charge in [-0.15, -0.1) is 0 Å². The van der Waals surface area contributed by atoms with Crippen LogP contribution in [0.2, 0.25) is 0 Å². The molecule has 46 valence electrons. The Kier molecular flexibility index (Phi) is 1.90. The van der Waals surface area contributed by atoms with E-state index >= 15 is 0 Å². The average molecular weight is 121 g/mol. The summed E-state index contributed by atoms with van der Waals surface area (Å²) in [4.78, 5) is 3.95. The fourth-order valence-electron chi connectivity index (χ4n) is 0.573.